The predicted molar refractivity (Wildman–Crippen MR) is 69.8 cm³/mol. The molecule has 2 heterocycles. The first-order valence-electron chi connectivity index (χ1n) is 6.09. The van der Waals surface area contributed by atoms with E-state index in [1.165, 1.54) is 6.20 Å². The van der Waals surface area contributed by atoms with Gasteiger partial charge in [0, 0.05) is 25.0 Å². The molecular formula is C14H15N3O2. The summed E-state index contributed by atoms with van der Waals surface area (Å²) in [6, 6.07) is 3.83. The van der Waals surface area contributed by atoms with Gasteiger partial charge in [0.2, 0.25) is 0 Å². The fraction of sp³-hybridized carbons (Fsp3) is 0.286. The van der Waals surface area contributed by atoms with Crippen molar-refractivity contribution in [3.05, 3.63) is 53.4 Å². The summed E-state index contributed by atoms with van der Waals surface area (Å²) < 4.78 is 4.94. The zero-order valence-electron chi connectivity index (χ0n) is 11.0. The molecule has 0 radical (unpaired) electrons. The van der Waals surface area contributed by atoms with E-state index >= 15 is 0 Å². The van der Waals surface area contributed by atoms with Crippen LogP contribution in [0.15, 0.2) is 30.7 Å². The largest absolute Gasteiger partial charge is 0.462 e. The number of hydrogen-bond acceptors (Lipinski definition) is 5. The summed E-state index contributed by atoms with van der Waals surface area (Å²) in [6.07, 6.45) is 5.61. The Morgan fingerprint density at radius 1 is 1.37 bits per heavy atom. The molecule has 0 aliphatic heterocycles. The van der Waals surface area contributed by atoms with Crippen LogP contribution in [0.2, 0.25) is 0 Å². The first-order valence-corrected chi connectivity index (χ1v) is 6.09. The van der Waals surface area contributed by atoms with E-state index in [1.807, 2.05) is 12.1 Å². The average molecular weight is 257 g/mol. The summed E-state index contributed by atoms with van der Waals surface area (Å²) in [4.78, 5) is 24.2. The first-order chi connectivity index (χ1) is 9.20. The Balaban J connectivity index is 2.17. The highest BCUT2D eigenvalue weighted by Gasteiger charge is 2.12. The number of nitrogens with zero attached hydrogens (tertiary/aromatic N) is 3. The van der Waals surface area contributed by atoms with E-state index in [0.717, 1.165) is 5.56 Å². The molecule has 0 bridgehead atoms. The number of carbonyl (C=O) groups excluding carboxylic acids is 1. The Labute approximate surface area is 111 Å². The van der Waals surface area contributed by atoms with Crippen LogP contribution in [0, 0.1) is 6.92 Å². The molecule has 0 fully saturated rings. The summed E-state index contributed by atoms with van der Waals surface area (Å²) in [5.41, 5.74) is 2.08. The van der Waals surface area contributed by atoms with Gasteiger partial charge in [0.05, 0.1) is 17.9 Å². The van der Waals surface area contributed by atoms with Crippen molar-refractivity contribution in [2.45, 2.75) is 20.3 Å². The monoisotopic (exact) mass is 257 g/mol. The van der Waals surface area contributed by atoms with Gasteiger partial charge in [0.1, 0.15) is 5.82 Å². The van der Waals surface area contributed by atoms with Gasteiger partial charge in [-0.25, -0.2) is 14.8 Å². The van der Waals surface area contributed by atoms with Crippen LogP contribution in [0.25, 0.3) is 0 Å². The van der Waals surface area contributed by atoms with Crippen molar-refractivity contribution in [2.24, 2.45) is 0 Å². The van der Waals surface area contributed by atoms with E-state index in [2.05, 4.69) is 15.0 Å². The topological polar surface area (TPSA) is 65.0 Å². The molecule has 2 rings (SSSR count). The standard InChI is InChI=1S/C14H15N3O2/c1-3-19-14(18)12-9-16-13(17-10(12)2)7-11-5-4-6-15-8-11/h4-6,8-9H,3,7H2,1-2H3. The molecule has 0 unspecified atom stereocenters. The van der Waals surface area contributed by atoms with E-state index in [0.29, 0.717) is 30.1 Å². The quantitative estimate of drug-likeness (QED) is 0.783. The number of aryl methyl sites for hydroxylation is 1. The summed E-state index contributed by atoms with van der Waals surface area (Å²) in [5, 5.41) is 0. The third-order valence-electron chi connectivity index (χ3n) is 2.61. The SMILES string of the molecule is CCOC(=O)c1cnc(Cc2cccnc2)nc1C. The number of carbonyl (C=O) groups is 1. The first kappa shape index (κ1) is 13.1. The van der Waals surface area contributed by atoms with Gasteiger partial charge in [-0.15, -0.1) is 0 Å². The second-order valence-corrected chi connectivity index (χ2v) is 4.04. The van der Waals surface area contributed by atoms with Crippen LogP contribution in [0.1, 0.15) is 34.4 Å². The minimum Gasteiger partial charge on any atom is -0.462 e. The lowest BCUT2D eigenvalue weighted by atomic mass is 10.2. The molecule has 0 aliphatic carbocycles. The maximum absolute atomic E-state index is 11.6. The molecule has 0 aliphatic rings. The van der Waals surface area contributed by atoms with Crippen LogP contribution < -0.4 is 0 Å². The lowest BCUT2D eigenvalue weighted by molar-refractivity contribution is 0.0524. The maximum atomic E-state index is 11.6. The second-order valence-electron chi connectivity index (χ2n) is 4.04. The molecule has 19 heavy (non-hydrogen) atoms. The molecule has 0 saturated carbocycles. The number of rotatable bonds is 4. The Morgan fingerprint density at radius 3 is 2.84 bits per heavy atom. The average Bonchev–Trinajstić information content (AvgIpc) is 2.40. The van der Waals surface area contributed by atoms with Crippen molar-refractivity contribution >= 4 is 5.97 Å². The van der Waals surface area contributed by atoms with Crippen molar-refractivity contribution in [1.82, 2.24) is 15.0 Å². The third kappa shape index (κ3) is 3.34. The van der Waals surface area contributed by atoms with Gasteiger partial charge in [-0.3, -0.25) is 4.98 Å². The molecule has 0 saturated heterocycles. The maximum Gasteiger partial charge on any atom is 0.341 e. The van der Waals surface area contributed by atoms with Crippen LogP contribution in [-0.4, -0.2) is 27.5 Å². The highest BCUT2D eigenvalue weighted by molar-refractivity contribution is 5.90. The van der Waals surface area contributed by atoms with Crippen LogP contribution >= 0.6 is 0 Å². The molecule has 0 aromatic carbocycles. The molecule has 2 aromatic rings. The van der Waals surface area contributed by atoms with Gasteiger partial charge < -0.3 is 4.74 Å². The number of esters is 1. The van der Waals surface area contributed by atoms with E-state index in [1.54, 1.807) is 26.2 Å². The van der Waals surface area contributed by atoms with E-state index < -0.39 is 0 Å². The molecule has 0 amide bonds. The van der Waals surface area contributed by atoms with Crippen molar-refractivity contribution in [3.8, 4) is 0 Å². The molecule has 0 spiro atoms. The zero-order valence-corrected chi connectivity index (χ0v) is 11.0. The lowest BCUT2D eigenvalue weighted by Gasteiger charge is -2.06. The zero-order chi connectivity index (χ0) is 13.7. The van der Waals surface area contributed by atoms with E-state index in [9.17, 15) is 4.79 Å². The molecular weight excluding hydrogens is 242 g/mol. The molecule has 5 heteroatoms. The minimum atomic E-state index is -0.382. The van der Waals surface area contributed by atoms with Gasteiger partial charge in [0.25, 0.3) is 0 Å². The summed E-state index contributed by atoms with van der Waals surface area (Å²) >= 11 is 0. The third-order valence-corrected chi connectivity index (χ3v) is 2.61. The molecule has 5 nitrogen and oxygen atoms in total. The Hall–Kier alpha value is -2.30. The highest BCUT2D eigenvalue weighted by atomic mass is 16.5. The number of aromatic nitrogens is 3. The molecule has 98 valence electrons. The fourth-order valence-electron chi connectivity index (χ4n) is 1.69. The second kappa shape index (κ2) is 6.04. The summed E-state index contributed by atoms with van der Waals surface area (Å²) in [6.45, 7) is 3.89. The number of ether oxygens (including phenoxy) is 1. The van der Waals surface area contributed by atoms with Gasteiger partial charge in [-0.05, 0) is 25.5 Å². The predicted octanol–water partition coefficient (Wildman–Crippen LogP) is 1.95. The van der Waals surface area contributed by atoms with Gasteiger partial charge in [-0.2, -0.15) is 0 Å². The normalized spacial score (nSPS) is 10.2. The minimum absolute atomic E-state index is 0.343. The van der Waals surface area contributed by atoms with E-state index in [4.69, 9.17) is 4.74 Å². The van der Waals surface area contributed by atoms with Crippen LogP contribution in [0.5, 0.6) is 0 Å². The van der Waals surface area contributed by atoms with Crippen LogP contribution in [0.4, 0.5) is 0 Å². The summed E-state index contributed by atoms with van der Waals surface area (Å²) in [5.74, 6) is 0.284. The van der Waals surface area contributed by atoms with Gasteiger partial charge in [-0.1, -0.05) is 6.07 Å². The smallest absolute Gasteiger partial charge is 0.341 e. The van der Waals surface area contributed by atoms with Crippen molar-refractivity contribution in [2.75, 3.05) is 6.61 Å². The fourth-order valence-corrected chi connectivity index (χ4v) is 1.69. The van der Waals surface area contributed by atoms with Crippen molar-refractivity contribution in [1.29, 1.82) is 0 Å². The highest BCUT2D eigenvalue weighted by Crippen LogP contribution is 2.09. The Bertz CT molecular complexity index is 570. The molecule has 0 N–H and O–H groups in total. The van der Waals surface area contributed by atoms with Crippen molar-refractivity contribution < 1.29 is 9.53 Å². The molecule has 0 atom stereocenters. The lowest BCUT2D eigenvalue weighted by Crippen LogP contribution is -2.10. The van der Waals surface area contributed by atoms with Crippen LogP contribution in [-0.2, 0) is 11.2 Å². The van der Waals surface area contributed by atoms with E-state index in [-0.39, 0.29) is 5.97 Å². The number of hydrogen-bond donors (Lipinski definition) is 0. The van der Waals surface area contributed by atoms with Gasteiger partial charge >= 0.3 is 5.97 Å². The van der Waals surface area contributed by atoms with Crippen LogP contribution in [0.3, 0.4) is 0 Å². The van der Waals surface area contributed by atoms with Gasteiger partial charge in [0.15, 0.2) is 0 Å². The Kier molecular flexibility index (Phi) is 4.18. The Morgan fingerprint density at radius 2 is 2.21 bits per heavy atom. The van der Waals surface area contributed by atoms with Crippen molar-refractivity contribution in [3.63, 3.8) is 0 Å². The molecule has 2 aromatic heterocycles. The number of pyridine rings is 1. The summed E-state index contributed by atoms with van der Waals surface area (Å²) in [7, 11) is 0.